The zero-order valence-electron chi connectivity index (χ0n) is 16.9. The third-order valence-corrected chi connectivity index (χ3v) is 5.77. The lowest BCUT2D eigenvalue weighted by Crippen LogP contribution is -2.52. The number of methoxy groups -OCH3 is 1. The molecule has 1 aromatic rings. The molecule has 0 aliphatic carbocycles. The summed E-state index contributed by atoms with van der Waals surface area (Å²) in [6.45, 7) is 4.52. The first kappa shape index (κ1) is 21.7. The molecule has 0 unspecified atom stereocenters. The van der Waals surface area contributed by atoms with Crippen LogP contribution in [0.3, 0.4) is 0 Å². The average Bonchev–Trinajstić information content (AvgIpc) is 2.70. The van der Waals surface area contributed by atoms with Crippen LogP contribution >= 0.6 is 0 Å². The van der Waals surface area contributed by atoms with Crippen LogP contribution in [0.5, 0.6) is 5.75 Å². The summed E-state index contributed by atoms with van der Waals surface area (Å²) in [6, 6.07) is 7.35. The van der Waals surface area contributed by atoms with Gasteiger partial charge in [0.05, 0.1) is 13.5 Å². The molecule has 0 atom stereocenters. The molecule has 1 fully saturated rings. The number of benzene rings is 1. The number of rotatable bonds is 8. The maximum Gasteiger partial charge on any atom is 0.319 e. The molecule has 2 N–H and O–H groups in total. The van der Waals surface area contributed by atoms with Gasteiger partial charge in [0.2, 0.25) is 11.8 Å². The van der Waals surface area contributed by atoms with Gasteiger partial charge in [0.1, 0.15) is 11.2 Å². The Balaban J connectivity index is 1.91. The number of carbonyl (C=O) groups is 3. The number of para-hydroxylation sites is 1. The molecule has 1 saturated heterocycles. The number of carbonyl (C=O) groups excluding carboxylic acids is 2. The standard InChI is InChI=1S/C21H30N2O5/c1-4-21(5-2,20(26)27)19(25)22-16-10-12-23(13-11-16)18(24)14-15-8-6-7-9-17(15)28-3/h6-9,16H,4-5,10-14H2,1-3H3,(H,22,25)(H,26,27). The summed E-state index contributed by atoms with van der Waals surface area (Å²) in [5, 5.41) is 12.4. The average molecular weight is 390 g/mol. The summed E-state index contributed by atoms with van der Waals surface area (Å²) in [6.07, 6.45) is 2.01. The lowest BCUT2D eigenvalue weighted by Gasteiger charge is -2.35. The fraction of sp³-hybridized carbons (Fsp3) is 0.571. The zero-order chi connectivity index (χ0) is 20.7. The number of carboxylic acids is 1. The van der Waals surface area contributed by atoms with Crippen molar-refractivity contribution in [2.45, 2.75) is 52.0 Å². The minimum absolute atomic E-state index is 0.0243. The molecular formula is C21H30N2O5. The number of ether oxygens (including phenoxy) is 1. The van der Waals surface area contributed by atoms with Crippen LogP contribution in [0.2, 0.25) is 0 Å². The second-order valence-corrected chi connectivity index (χ2v) is 7.21. The summed E-state index contributed by atoms with van der Waals surface area (Å²) < 4.78 is 5.30. The quantitative estimate of drug-likeness (QED) is 0.664. The highest BCUT2D eigenvalue weighted by Crippen LogP contribution is 2.28. The number of piperidine rings is 1. The Hall–Kier alpha value is -2.57. The van der Waals surface area contributed by atoms with E-state index in [9.17, 15) is 19.5 Å². The number of hydrogen-bond donors (Lipinski definition) is 2. The van der Waals surface area contributed by atoms with Crippen molar-refractivity contribution in [2.24, 2.45) is 5.41 Å². The van der Waals surface area contributed by atoms with Gasteiger partial charge in [0.15, 0.2) is 0 Å². The highest BCUT2D eigenvalue weighted by Gasteiger charge is 2.43. The number of aliphatic carboxylic acids is 1. The van der Waals surface area contributed by atoms with Crippen LogP contribution in [-0.2, 0) is 20.8 Å². The predicted octanol–water partition coefficient (Wildman–Crippen LogP) is 2.24. The van der Waals surface area contributed by atoms with E-state index < -0.39 is 17.3 Å². The lowest BCUT2D eigenvalue weighted by molar-refractivity contribution is -0.156. The van der Waals surface area contributed by atoms with Crippen molar-refractivity contribution < 1.29 is 24.2 Å². The van der Waals surface area contributed by atoms with Gasteiger partial charge in [0.25, 0.3) is 0 Å². The van der Waals surface area contributed by atoms with E-state index >= 15 is 0 Å². The molecule has 0 bridgehead atoms. The van der Waals surface area contributed by atoms with Gasteiger partial charge in [0, 0.05) is 24.7 Å². The number of nitrogens with one attached hydrogen (secondary N) is 1. The van der Waals surface area contributed by atoms with Crippen molar-refractivity contribution in [3.8, 4) is 5.75 Å². The Kier molecular flexibility index (Phi) is 7.43. The van der Waals surface area contributed by atoms with Crippen LogP contribution in [0.4, 0.5) is 0 Å². The summed E-state index contributed by atoms with van der Waals surface area (Å²) in [4.78, 5) is 38.6. The first-order chi connectivity index (χ1) is 13.4. The van der Waals surface area contributed by atoms with Crippen molar-refractivity contribution >= 4 is 17.8 Å². The largest absolute Gasteiger partial charge is 0.496 e. The predicted molar refractivity (Wildman–Crippen MR) is 105 cm³/mol. The van der Waals surface area contributed by atoms with Gasteiger partial charge in [-0.3, -0.25) is 14.4 Å². The molecule has 2 rings (SSSR count). The molecule has 2 amide bonds. The Bertz CT molecular complexity index is 707. The maximum absolute atomic E-state index is 12.6. The van der Waals surface area contributed by atoms with Crippen molar-refractivity contribution in [1.29, 1.82) is 0 Å². The van der Waals surface area contributed by atoms with E-state index in [4.69, 9.17) is 4.74 Å². The molecule has 0 saturated carbocycles. The highest BCUT2D eigenvalue weighted by atomic mass is 16.5. The lowest BCUT2D eigenvalue weighted by atomic mass is 9.81. The van der Waals surface area contributed by atoms with E-state index in [1.165, 1.54) is 0 Å². The summed E-state index contributed by atoms with van der Waals surface area (Å²) in [5.41, 5.74) is -0.529. The minimum atomic E-state index is -1.38. The number of nitrogens with zero attached hydrogens (tertiary/aromatic N) is 1. The van der Waals surface area contributed by atoms with Crippen LogP contribution in [0, 0.1) is 5.41 Å². The zero-order valence-corrected chi connectivity index (χ0v) is 16.9. The van der Waals surface area contributed by atoms with Crippen LogP contribution in [0.15, 0.2) is 24.3 Å². The third kappa shape index (κ3) is 4.64. The van der Waals surface area contributed by atoms with Crippen LogP contribution in [0.25, 0.3) is 0 Å². The molecular weight excluding hydrogens is 360 g/mol. The topological polar surface area (TPSA) is 95.9 Å². The Labute approximate surface area is 166 Å². The van der Waals surface area contributed by atoms with E-state index in [0.717, 1.165) is 5.56 Å². The molecule has 1 heterocycles. The second kappa shape index (κ2) is 9.57. The van der Waals surface area contributed by atoms with Gasteiger partial charge in [-0.15, -0.1) is 0 Å². The normalized spacial score (nSPS) is 15.2. The molecule has 7 heteroatoms. The molecule has 0 radical (unpaired) electrons. The van der Waals surface area contributed by atoms with E-state index in [-0.39, 0.29) is 31.2 Å². The SMILES string of the molecule is CCC(CC)(C(=O)O)C(=O)NC1CCN(C(=O)Cc2ccccc2OC)CC1. The molecule has 7 nitrogen and oxygen atoms in total. The van der Waals surface area contributed by atoms with Crippen LogP contribution in [-0.4, -0.2) is 54.0 Å². The molecule has 154 valence electrons. The second-order valence-electron chi connectivity index (χ2n) is 7.21. The molecule has 1 aliphatic rings. The Morgan fingerprint density at radius 3 is 2.32 bits per heavy atom. The van der Waals surface area contributed by atoms with Gasteiger partial charge in [-0.05, 0) is 31.7 Å². The van der Waals surface area contributed by atoms with E-state index in [1.807, 2.05) is 24.3 Å². The van der Waals surface area contributed by atoms with Gasteiger partial charge in [-0.25, -0.2) is 0 Å². The summed E-state index contributed by atoms with van der Waals surface area (Å²) in [5.74, 6) is -0.790. The number of hydrogen-bond acceptors (Lipinski definition) is 4. The number of amides is 2. The van der Waals surface area contributed by atoms with Crippen molar-refractivity contribution in [3.05, 3.63) is 29.8 Å². The molecule has 0 aromatic heterocycles. The number of likely N-dealkylation sites (tertiary alicyclic amines) is 1. The first-order valence-electron chi connectivity index (χ1n) is 9.82. The van der Waals surface area contributed by atoms with Gasteiger partial charge < -0.3 is 20.1 Å². The van der Waals surface area contributed by atoms with Gasteiger partial charge in [-0.2, -0.15) is 0 Å². The fourth-order valence-electron chi connectivity index (χ4n) is 3.69. The van der Waals surface area contributed by atoms with Crippen LogP contribution < -0.4 is 10.1 Å². The highest BCUT2D eigenvalue weighted by molar-refractivity contribution is 6.01. The van der Waals surface area contributed by atoms with E-state index in [1.54, 1.807) is 25.9 Å². The van der Waals surface area contributed by atoms with Crippen molar-refractivity contribution in [1.82, 2.24) is 10.2 Å². The molecule has 0 spiro atoms. The smallest absolute Gasteiger partial charge is 0.319 e. The molecule has 28 heavy (non-hydrogen) atoms. The number of carboxylic acid groups (broad SMARTS) is 1. The minimum Gasteiger partial charge on any atom is -0.496 e. The molecule has 1 aromatic carbocycles. The van der Waals surface area contributed by atoms with Gasteiger partial charge >= 0.3 is 5.97 Å². The third-order valence-electron chi connectivity index (χ3n) is 5.77. The first-order valence-corrected chi connectivity index (χ1v) is 9.82. The van der Waals surface area contributed by atoms with Crippen molar-refractivity contribution in [3.63, 3.8) is 0 Å². The summed E-state index contributed by atoms with van der Waals surface area (Å²) in [7, 11) is 1.58. The van der Waals surface area contributed by atoms with E-state index in [2.05, 4.69) is 5.32 Å². The van der Waals surface area contributed by atoms with Gasteiger partial charge in [-0.1, -0.05) is 32.0 Å². The monoisotopic (exact) mass is 390 g/mol. The fourth-order valence-corrected chi connectivity index (χ4v) is 3.69. The maximum atomic E-state index is 12.6. The van der Waals surface area contributed by atoms with Crippen molar-refractivity contribution in [2.75, 3.05) is 20.2 Å². The summed E-state index contributed by atoms with van der Waals surface area (Å²) >= 11 is 0. The Morgan fingerprint density at radius 2 is 1.79 bits per heavy atom. The molecule has 1 aliphatic heterocycles. The van der Waals surface area contributed by atoms with E-state index in [0.29, 0.717) is 31.7 Å². The Morgan fingerprint density at radius 1 is 1.18 bits per heavy atom. The van der Waals surface area contributed by atoms with Crippen LogP contribution in [0.1, 0.15) is 45.1 Å².